The van der Waals surface area contributed by atoms with Gasteiger partial charge in [0.05, 0.1) is 17.5 Å². The molecule has 0 radical (unpaired) electrons. The molecule has 0 aliphatic carbocycles. The summed E-state index contributed by atoms with van der Waals surface area (Å²) in [4.78, 5) is 34.9. The Morgan fingerprint density at radius 2 is 1.97 bits per heavy atom. The summed E-state index contributed by atoms with van der Waals surface area (Å²) in [7, 11) is 0. The Balaban J connectivity index is 0.000000941. The number of nitrogen functional groups attached to an aromatic ring is 1. The van der Waals surface area contributed by atoms with Crippen molar-refractivity contribution in [1.29, 1.82) is 0 Å². The summed E-state index contributed by atoms with van der Waals surface area (Å²) >= 11 is 0. The summed E-state index contributed by atoms with van der Waals surface area (Å²) in [6, 6.07) is 7.77. The molecule has 0 atom stereocenters. The zero-order valence-corrected chi connectivity index (χ0v) is 17.3. The van der Waals surface area contributed by atoms with Gasteiger partial charge in [-0.05, 0) is 50.3 Å². The number of hydrogen-bond acceptors (Lipinski definition) is 6. The first-order valence-corrected chi connectivity index (χ1v) is 9.94. The van der Waals surface area contributed by atoms with Crippen LogP contribution in [0.5, 0.6) is 5.75 Å². The van der Waals surface area contributed by atoms with Gasteiger partial charge in [-0.2, -0.15) is 9.59 Å². The van der Waals surface area contributed by atoms with Crippen LogP contribution in [-0.4, -0.2) is 41.6 Å². The van der Waals surface area contributed by atoms with Crippen LogP contribution in [0.2, 0.25) is 0 Å². The fourth-order valence-corrected chi connectivity index (χ4v) is 3.69. The average molecular weight is 399 g/mol. The molecule has 3 rings (SSSR count). The Labute approximate surface area is 171 Å². The summed E-state index contributed by atoms with van der Waals surface area (Å²) in [5.74, 6) is 1.77. The van der Waals surface area contributed by atoms with Crippen molar-refractivity contribution in [2.75, 3.05) is 25.4 Å². The van der Waals surface area contributed by atoms with Crippen molar-refractivity contribution in [3.8, 4) is 5.75 Å². The number of nitrogens with two attached hydrogens (primary N) is 1. The molecule has 0 saturated carbocycles. The molecule has 1 fully saturated rings. The van der Waals surface area contributed by atoms with Crippen molar-refractivity contribution in [1.82, 2.24) is 9.88 Å². The van der Waals surface area contributed by atoms with Gasteiger partial charge >= 0.3 is 6.15 Å². The van der Waals surface area contributed by atoms with Crippen LogP contribution >= 0.6 is 0 Å². The van der Waals surface area contributed by atoms with Crippen LogP contribution in [0.1, 0.15) is 38.8 Å². The minimum atomic E-state index is 0.0870. The molecule has 29 heavy (non-hydrogen) atoms. The molecule has 1 aliphatic rings. The van der Waals surface area contributed by atoms with Crippen molar-refractivity contribution in [2.45, 2.75) is 40.0 Å². The van der Waals surface area contributed by atoms with E-state index in [1.807, 2.05) is 49.9 Å². The second-order valence-corrected chi connectivity index (χ2v) is 7.65. The number of amides is 1. The van der Waals surface area contributed by atoms with Gasteiger partial charge in [0.25, 0.3) is 0 Å². The molecule has 0 unspecified atom stereocenters. The van der Waals surface area contributed by atoms with Gasteiger partial charge < -0.3 is 15.4 Å². The zero-order valence-electron chi connectivity index (χ0n) is 17.3. The summed E-state index contributed by atoms with van der Waals surface area (Å²) in [6.45, 7) is 8.27. The highest BCUT2D eigenvalue weighted by atomic mass is 16.5. The van der Waals surface area contributed by atoms with Crippen LogP contribution in [0.4, 0.5) is 5.69 Å². The largest absolute Gasteiger partial charge is 0.493 e. The van der Waals surface area contributed by atoms with E-state index in [0.717, 1.165) is 54.7 Å². The minimum absolute atomic E-state index is 0.0870. The van der Waals surface area contributed by atoms with Crippen LogP contribution in [0.3, 0.4) is 0 Å². The summed E-state index contributed by atoms with van der Waals surface area (Å²) < 4.78 is 6.05. The van der Waals surface area contributed by atoms with Gasteiger partial charge in [0, 0.05) is 30.4 Å². The van der Waals surface area contributed by atoms with E-state index in [9.17, 15) is 4.79 Å². The summed E-state index contributed by atoms with van der Waals surface area (Å²) in [6.07, 6.45) is 3.36. The van der Waals surface area contributed by atoms with Gasteiger partial charge in [0.1, 0.15) is 5.75 Å². The fourth-order valence-electron chi connectivity index (χ4n) is 3.69. The lowest BCUT2D eigenvalue weighted by molar-refractivity contribution is -0.191. The predicted molar refractivity (Wildman–Crippen MR) is 110 cm³/mol. The Kier molecular flexibility index (Phi) is 8.16. The van der Waals surface area contributed by atoms with E-state index in [1.165, 1.54) is 0 Å². The molecule has 1 saturated heterocycles. The number of pyridine rings is 1. The van der Waals surface area contributed by atoms with Gasteiger partial charge in [0.2, 0.25) is 5.91 Å². The lowest BCUT2D eigenvalue weighted by Crippen LogP contribution is -2.40. The molecule has 1 aromatic heterocycles. The number of anilines is 1. The van der Waals surface area contributed by atoms with Crippen LogP contribution in [0.15, 0.2) is 24.3 Å². The maximum absolute atomic E-state index is 12.1. The lowest BCUT2D eigenvalue weighted by atomic mass is 9.93. The van der Waals surface area contributed by atoms with E-state index in [0.29, 0.717) is 18.2 Å². The topological polar surface area (TPSA) is 103 Å². The molecule has 2 heterocycles. The molecule has 1 aromatic carbocycles. The third kappa shape index (κ3) is 6.03. The van der Waals surface area contributed by atoms with Gasteiger partial charge in [-0.1, -0.05) is 19.9 Å². The van der Waals surface area contributed by atoms with E-state index < -0.39 is 0 Å². The van der Waals surface area contributed by atoms with Crippen LogP contribution in [-0.2, 0) is 14.4 Å². The molecule has 2 N–H and O–H groups in total. The number of ether oxygens (including phenoxy) is 1. The third-order valence-corrected chi connectivity index (χ3v) is 5.16. The van der Waals surface area contributed by atoms with Crippen molar-refractivity contribution in [3.05, 3.63) is 30.0 Å². The summed E-state index contributed by atoms with van der Waals surface area (Å²) in [5.41, 5.74) is 8.68. The number of likely N-dealkylation sites (tertiary alicyclic amines) is 1. The molecular weight excluding hydrogens is 370 g/mol. The van der Waals surface area contributed by atoms with Crippen molar-refractivity contribution in [3.63, 3.8) is 0 Å². The number of piperidine rings is 1. The van der Waals surface area contributed by atoms with Crippen LogP contribution in [0.25, 0.3) is 10.9 Å². The molecule has 156 valence electrons. The highest BCUT2D eigenvalue weighted by molar-refractivity contribution is 5.95. The summed E-state index contributed by atoms with van der Waals surface area (Å²) in [5, 5.41) is 0.899. The molecule has 2 aromatic rings. The van der Waals surface area contributed by atoms with E-state index in [-0.39, 0.29) is 18.0 Å². The molecule has 7 nitrogen and oxygen atoms in total. The zero-order chi connectivity index (χ0) is 21.4. The normalized spacial score (nSPS) is 14.3. The predicted octanol–water partition coefficient (Wildman–Crippen LogP) is 3.21. The second kappa shape index (κ2) is 10.6. The maximum atomic E-state index is 12.1. The average Bonchev–Trinajstić information content (AvgIpc) is 2.68. The maximum Gasteiger partial charge on any atom is 0.373 e. The highest BCUT2D eigenvalue weighted by Gasteiger charge is 2.24. The van der Waals surface area contributed by atoms with Gasteiger partial charge in [-0.25, -0.2) is 0 Å². The van der Waals surface area contributed by atoms with E-state index in [2.05, 4.69) is 4.98 Å². The highest BCUT2D eigenvalue weighted by Crippen LogP contribution is 2.31. The number of fused-ring (bicyclic) bond motifs is 1. The Hall–Kier alpha value is -2.92. The SMILES string of the molecule is Cc1cc(N)c2c(OCCC3CCN(C(=O)C(C)C)CC3)cccc2n1.O=C=O. The number of benzene rings is 1. The fraction of sp³-hybridized carbons (Fsp3) is 0.500. The van der Waals surface area contributed by atoms with Crippen LogP contribution < -0.4 is 10.5 Å². The number of aromatic nitrogens is 1. The number of hydrogen-bond donors (Lipinski definition) is 1. The Morgan fingerprint density at radius 3 is 2.59 bits per heavy atom. The monoisotopic (exact) mass is 399 g/mol. The van der Waals surface area contributed by atoms with E-state index in [4.69, 9.17) is 20.1 Å². The molecule has 1 aliphatic heterocycles. The Bertz CT molecular complexity index is 868. The first-order chi connectivity index (χ1) is 13.9. The van der Waals surface area contributed by atoms with E-state index >= 15 is 0 Å². The number of aryl methyl sites for hydroxylation is 1. The smallest absolute Gasteiger partial charge is 0.373 e. The first kappa shape index (κ1) is 22.4. The van der Waals surface area contributed by atoms with Gasteiger partial charge in [-0.15, -0.1) is 0 Å². The quantitative estimate of drug-likeness (QED) is 0.828. The molecule has 0 spiro atoms. The molecular formula is C22H29N3O4. The molecule has 7 heteroatoms. The van der Waals surface area contributed by atoms with Crippen molar-refractivity contribution in [2.24, 2.45) is 11.8 Å². The third-order valence-electron chi connectivity index (χ3n) is 5.16. The number of rotatable bonds is 5. The standard InChI is InChI=1S/C21H29N3O2.CO2/c1-14(2)21(25)24-10-7-16(8-11-24)9-12-26-19-6-4-5-18-20(19)17(22)13-15(3)23-18;2-1-3/h4-6,13-14,16H,7-12H2,1-3H3,(H2,22,23);. The van der Waals surface area contributed by atoms with Gasteiger partial charge in [-0.3, -0.25) is 9.78 Å². The number of nitrogens with zero attached hydrogens (tertiary/aromatic N) is 2. The van der Waals surface area contributed by atoms with E-state index in [1.54, 1.807) is 0 Å². The number of carbonyl (C=O) groups excluding carboxylic acids is 3. The minimum Gasteiger partial charge on any atom is -0.493 e. The van der Waals surface area contributed by atoms with Crippen LogP contribution in [0, 0.1) is 18.8 Å². The Morgan fingerprint density at radius 1 is 1.31 bits per heavy atom. The van der Waals surface area contributed by atoms with Crippen molar-refractivity contribution >= 4 is 28.6 Å². The van der Waals surface area contributed by atoms with Crippen molar-refractivity contribution < 1.29 is 19.1 Å². The van der Waals surface area contributed by atoms with Gasteiger partial charge in [0.15, 0.2) is 0 Å². The molecule has 0 bridgehead atoms. The molecule has 1 amide bonds. The lowest BCUT2D eigenvalue weighted by Gasteiger charge is -2.33. The number of carbonyl (C=O) groups is 1. The second-order valence-electron chi connectivity index (χ2n) is 7.65. The first-order valence-electron chi connectivity index (χ1n) is 9.94.